The highest BCUT2D eigenvalue weighted by Gasteiger charge is 2.19. The average Bonchev–Trinajstić information content (AvgIpc) is 3.20. The zero-order chi connectivity index (χ0) is 22.4. The third kappa shape index (κ3) is 6.43. The molecule has 164 valence electrons. The summed E-state index contributed by atoms with van der Waals surface area (Å²) in [7, 11) is 0. The first-order chi connectivity index (χ1) is 14.8. The second kappa shape index (κ2) is 10.3. The van der Waals surface area contributed by atoms with Crippen LogP contribution in [0.15, 0.2) is 48.7 Å². The summed E-state index contributed by atoms with van der Waals surface area (Å²) in [5, 5.41) is 2.90. The molecule has 0 saturated carbocycles. The van der Waals surface area contributed by atoms with Crippen molar-refractivity contribution < 1.29 is 22.3 Å². The van der Waals surface area contributed by atoms with E-state index >= 15 is 0 Å². The van der Waals surface area contributed by atoms with Gasteiger partial charge in [0.1, 0.15) is 5.82 Å². The molecule has 3 aromatic rings. The summed E-state index contributed by atoms with van der Waals surface area (Å²) in [5.74, 6) is -1.75. The first-order valence-electron chi connectivity index (χ1n) is 9.57. The molecule has 1 aromatic heterocycles. The van der Waals surface area contributed by atoms with Gasteiger partial charge >= 0.3 is 0 Å². The number of aromatic nitrogens is 2. The van der Waals surface area contributed by atoms with Crippen LogP contribution in [0.25, 0.3) is 0 Å². The average molecular weight is 448 g/mol. The Labute approximate surface area is 180 Å². The molecule has 31 heavy (non-hydrogen) atoms. The van der Waals surface area contributed by atoms with Gasteiger partial charge < -0.3 is 10.3 Å². The summed E-state index contributed by atoms with van der Waals surface area (Å²) >= 11 is -2.16. The van der Waals surface area contributed by atoms with Crippen molar-refractivity contribution in [2.45, 2.75) is 32.2 Å². The zero-order valence-corrected chi connectivity index (χ0v) is 17.5. The Kier molecular flexibility index (Phi) is 7.48. The van der Waals surface area contributed by atoms with Crippen LogP contribution in [0.4, 0.5) is 14.5 Å². The maximum absolute atomic E-state index is 13.4. The molecule has 0 spiro atoms. The molecular weight excluding hydrogens is 426 g/mol. The predicted octanol–water partition coefficient (Wildman–Crippen LogP) is 3.44. The molecule has 4 N–H and O–H groups in total. The first-order valence-corrected chi connectivity index (χ1v) is 10.7. The van der Waals surface area contributed by atoms with Gasteiger partial charge in [0.25, 0.3) is 11.3 Å². The van der Waals surface area contributed by atoms with Gasteiger partial charge in [-0.3, -0.25) is 14.1 Å². The lowest BCUT2D eigenvalue weighted by Gasteiger charge is -2.17. The van der Waals surface area contributed by atoms with E-state index in [-0.39, 0.29) is 12.3 Å². The largest absolute Gasteiger partial charge is 0.346 e. The summed E-state index contributed by atoms with van der Waals surface area (Å²) in [6.07, 6.45) is 2.75. The van der Waals surface area contributed by atoms with Crippen molar-refractivity contribution in [1.82, 2.24) is 15.3 Å². The maximum Gasteiger partial charge on any atom is 0.259 e. The van der Waals surface area contributed by atoms with Gasteiger partial charge in [-0.05, 0) is 48.2 Å². The molecule has 2 atom stereocenters. The van der Waals surface area contributed by atoms with Gasteiger partial charge in [0, 0.05) is 17.6 Å². The number of aromatic amines is 1. The number of carbonyl (C=O) groups is 1. The number of aryl methyl sites for hydroxylation is 1. The molecule has 0 saturated heterocycles. The number of benzene rings is 2. The van der Waals surface area contributed by atoms with E-state index in [0.29, 0.717) is 23.5 Å². The van der Waals surface area contributed by atoms with Crippen LogP contribution in [0.2, 0.25) is 0 Å². The summed E-state index contributed by atoms with van der Waals surface area (Å²) in [6.45, 7) is 1.98. The Morgan fingerprint density at radius 2 is 1.87 bits per heavy atom. The van der Waals surface area contributed by atoms with Crippen molar-refractivity contribution >= 4 is 22.9 Å². The number of hydrogen-bond acceptors (Lipinski definition) is 3. The van der Waals surface area contributed by atoms with Crippen LogP contribution in [-0.4, -0.2) is 24.6 Å². The van der Waals surface area contributed by atoms with E-state index in [2.05, 4.69) is 20.0 Å². The lowest BCUT2D eigenvalue weighted by Crippen LogP contribution is -2.32. The minimum atomic E-state index is -2.16. The van der Waals surface area contributed by atoms with Crippen molar-refractivity contribution in [2.75, 3.05) is 4.72 Å². The van der Waals surface area contributed by atoms with Gasteiger partial charge in [-0.25, -0.2) is 18.0 Å². The van der Waals surface area contributed by atoms with E-state index in [4.69, 9.17) is 4.55 Å². The smallest absolute Gasteiger partial charge is 0.259 e. The van der Waals surface area contributed by atoms with Crippen molar-refractivity contribution in [2.24, 2.45) is 0 Å². The van der Waals surface area contributed by atoms with Gasteiger partial charge in [-0.1, -0.05) is 25.1 Å². The molecule has 0 bridgehead atoms. The van der Waals surface area contributed by atoms with Gasteiger partial charge in [0.15, 0.2) is 11.6 Å². The number of anilines is 1. The van der Waals surface area contributed by atoms with Crippen LogP contribution >= 0.6 is 0 Å². The van der Waals surface area contributed by atoms with E-state index in [1.54, 1.807) is 30.5 Å². The fraction of sp³-hybridized carbons (Fsp3) is 0.238. The second-order valence-electron chi connectivity index (χ2n) is 6.94. The van der Waals surface area contributed by atoms with Crippen molar-refractivity contribution in [3.63, 3.8) is 0 Å². The zero-order valence-electron chi connectivity index (χ0n) is 16.7. The number of H-pyrrole nitrogens is 1. The monoisotopic (exact) mass is 448 g/mol. The van der Waals surface area contributed by atoms with E-state index < -0.39 is 28.9 Å². The van der Waals surface area contributed by atoms with E-state index in [1.165, 1.54) is 6.07 Å². The maximum atomic E-state index is 13.4. The SMILES string of the molecule is CCc1cnc([C@H](Cc2ccc(NS(=O)O)cc2)NC(=O)Cc2ccc(F)c(F)c2)[nH]1. The van der Waals surface area contributed by atoms with Gasteiger partial charge in [0.2, 0.25) is 5.91 Å². The number of imidazole rings is 1. The molecule has 7 nitrogen and oxygen atoms in total. The highest BCUT2D eigenvalue weighted by atomic mass is 32.2. The van der Waals surface area contributed by atoms with Crippen LogP contribution in [0, 0.1) is 11.6 Å². The summed E-state index contributed by atoms with van der Waals surface area (Å²) in [5.41, 5.74) is 2.62. The van der Waals surface area contributed by atoms with Crippen molar-refractivity contribution in [1.29, 1.82) is 0 Å². The van der Waals surface area contributed by atoms with E-state index in [9.17, 15) is 17.8 Å². The number of halogens is 2. The third-order valence-corrected chi connectivity index (χ3v) is 5.05. The standard InChI is InChI=1S/C21H22F2N4O3S/c1-2-15-12-24-21(25-15)19(10-13-3-6-16(7-4-13)27-31(29)30)26-20(28)11-14-5-8-17(22)18(23)9-14/h3-9,12,19,27H,2,10-11H2,1H3,(H,24,25)(H,26,28)(H,29,30)/t19-/m0/s1. The van der Waals surface area contributed by atoms with Crippen molar-refractivity contribution in [3.8, 4) is 0 Å². The van der Waals surface area contributed by atoms with Crippen LogP contribution < -0.4 is 10.0 Å². The summed E-state index contributed by atoms with van der Waals surface area (Å²) < 4.78 is 48.7. The fourth-order valence-corrected chi connectivity index (χ4v) is 3.41. The topological polar surface area (TPSA) is 107 Å². The first kappa shape index (κ1) is 22.6. The molecular formula is C21H22F2N4O3S. The van der Waals surface area contributed by atoms with Crippen LogP contribution in [-0.2, 0) is 35.3 Å². The number of carbonyl (C=O) groups excluding carboxylic acids is 1. The Hall–Kier alpha value is -3.11. The lowest BCUT2D eigenvalue weighted by molar-refractivity contribution is -0.121. The van der Waals surface area contributed by atoms with Crippen LogP contribution in [0.1, 0.15) is 35.6 Å². The van der Waals surface area contributed by atoms with E-state index in [1.807, 2.05) is 6.92 Å². The molecule has 0 aliphatic heterocycles. The lowest BCUT2D eigenvalue weighted by atomic mass is 10.0. The summed E-state index contributed by atoms with van der Waals surface area (Å²) in [6, 6.07) is 9.73. The molecule has 0 radical (unpaired) electrons. The van der Waals surface area contributed by atoms with Gasteiger partial charge in [-0.15, -0.1) is 0 Å². The predicted molar refractivity (Wildman–Crippen MR) is 113 cm³/mol. The van der Waals surface area contributed by atoms with Crippen LogP contribution in [0.3, 0.4) is 0 Å². The Morgan fingerprint density at radius 3 is 2.48 bits per heavy atom. The molecule has 3 rings (SSSR count). The van der Waals surface area contributed by atoms with Crippen molar-refractivity contribution in [3.05, 3.63) is 82.9 Å². The molecule has 0 aliphatic carbocycles. The van der Waals surface area contributed by atoms with Crippen LogP contribution in [0.5, 0.6) is 0 Å². The molecule has 0 fully saturated rings. The molecule has 1 heterocycles. The highest BCUT2D eigenvalue weighted by Crippen LogP contribution is 2.19. The van der Waals surface area contributed by atoms with E-state index in [0.717, 1.165) is 29.8 Å². The number of amides is 1. The number of hydrogen-bond donors (Lipinski definition) is 4. The number of nitrogens with zero attached hydrogens (tertiary/aromatic N) is 1. The molecule has 0 aliphatic rings. The minimum absolute atomic E-state index is 0.111. The molecule has 2 aromatic carbocycles. The Morgan fingerprint density at radius 1 is 1.16 bits per heavy atom. The number of rotatable bonds is 9. The van der Waals surface area contributed by atoms with Gasteiger partial charge in [0.05, 0.1) is 12.5 Å². The third-order valence-electron chi connectivity index (χ3n) is 4.64. The normalized spacial score (nSPS) is 12.9. The molecule has 1 unspecified atom stereocenters. The molecule has 10 heteroatoms. The van der Waals surface area contributed by atoms with Gasteiger partial charge in [-0.2, -0.15) is 0 Å². The quantitative estimate of drug-likeness (QED) is 0.376. The highest BCUT2D eigenvalue weighted by molar-refractivity contribution is 7.80. The Balaban J connectivity index is 1.75. The minimum Gasteiger partial charge on any atom is -0.346 e. The number of nitrogens with one attached hydrogen (secondary N) is 3. The second-order valence-corrected chi connectivity index (χ2v) is 7.65. The summed E-state index contributed by atoms with van der Waals surface area (Å²) in [4.78, 5) is 20.1. The Bertz CT molecular complexity index is 1070. The molecule has 1 amide bonds. The fourth-order valence-electron chi connectivity index (χ4n) is 3.08.